The Morgan fingerprint density at radius 3 is 1.06 bits per heavy atom. The number of hydrogen-bond donors (Lipinski definition) is 0. The largest absolute Gasteiger partial charge is 0.0786 e. The molecule has 0 fully saturated rings. The third kappa shape index (κ3) is 1.47. The molecule has 0 atom stereocenters. The van der Waals surface area contributed by atoms with Gasteiger partial charge in [0.1, 0.15) is 0 Å². The van der Waals surface area contributed by atoms with Gasteiger partial charge >= 0.3 is 0 Å². The highest BCUT2D eigenvalue weighted by atomic mass is 79.9. The Hall–Kier alpha value is -0.600. The van der Waals surface area contributed by atoms with Crippen LogP contribution in [0.5, 0.6) is 0 Å². The van der Waals surface area contributed by atoms with Crippen molar-refractivity contribution in [2.24, 2.45) is 0 Å². The number of hydrogen-bond acceptors (Lipinski definition) is 0. The molecule has 80 valence electrons. The minimum Gasteiger partial charge on any atom is -0.0786 e. The van der Waals surface area contributed by atoms with Gasteiger partial charge in [-0.2, -0.15) is 0 Å². The molecular formula is C14H10Br2. The fraction of sp³-hybridized carbons (Fsp3) is 0.143. The van der Waals surface area contributed by atoms with E-state index in [-0.39, 0.29) is 0 Å². The van der Waals surface area contributed by atoms with E-state index in [4.69, 9.17) is 0 Å². The average Bonchev–Trinajstić information content (AvgIpc) is 2.36. The maximum atomic E-state index is 3.79. The first-order valence-electron chi connectivity index (χ1n) is 5.25. The molecule has 3 rings (SSSR count). The van der Waals surface area contributed by atoms with Crippen LogP contribution >= 0.6 is 31.9 Å². The number of fused-ring (bicyclic) bond motifs is 2. The van der Waals surface area contributed by atoms with Crippen molar-refractivity contribution in [1.82, 2.24) is 0 Å². The molecule has 0 aliphatic heterocycles. The summed E-state index contributed by atoms with van der Waals surface area (Å²) in [7, 11) is 0. The Morgan fingerprint density at radius 1 is 0.562 bits per heavy atom. The van der Waals surface area contributed by atoms with Crippen LogP contribution < -0.4 is 0 Å². The van der Waals surface area contributed by atoms with Gasteiger partial charge in [0.25, 0.3) is 0 Å². The lowest BCUT2D eigenvalue weighted by Crippen LogP contribution is -2.11. The molecule has 1 aliphatic rings. The van der Waals surface area contributed by atoms with E-state index in [1.54, 1.807) is 0 Å². The first-order chi connectivity index (χ1) is 7.79. The Kier molecular flexibility index (Phi) is 2.64. The van der Waals surface area contributed by atoms with Gasteiger partial charge in [-0.1, -0.05) is 80.4 Å². The van der Waals surface area contributed by atoms with Crippen LogP contribution in [0.3, 0.4) is 0 Å². The van der Waals surface area contributed by atoms with Gasteiger partial charge < -0.3 is 0 Å². The van der Waals surface area contributed by atoms with Gasteiger partial charge in [0.15, 0.2) is 0 Å². The molecule has 0 saturated heterocycles. The molecule has 1 aliphatic carbocycles. The van der Waals surface area contributed by atoms with E-state index in [0.29, 0.717) is 9.65 Å². The van der Waals surface area contributed by atoms with Crippen molar-refractivity contribution in [3.8, 4) is 0 Å². The molecule has 0 radical (unpaired) electrons. The lowest BCUT2D eigenvalue weighted by Gasteiger charge is -2.28. The smallest absolute Gasteiger partial charge is 0.0650 e. The minimum atomic E-state index is 0.314. The maximum Gasteiger partial charge on any atom is 0.0650 e. The molecule has 0 saturated carbocycles. The van der Waals surface area contributed by atoms with Crippen molar-refractivity contribution >= 4 is 31.9 Å². The quantitative estimate of drug-likeness (QED) is 0.595. The topological polar surface area (TPSA) is 0 Å². The zero-order chi connectivity index (χ0) is 11.1. The highest BCUT2D eigenvalue weighted by molar-refractivity contribution is 9.09. The molecule has 2 heteroatoms. The molecule has 2 aromatic carbocycles. The van der Waals surface area contributed by atoms with Crippen LogP contribution in [0.4, 0.5) is 0 Å². The van der Waals surface area contributed by atoms with Gasteiger partial charge in [0.2, 0.25) is 0 Å². The van der Waals surface area contributed by atoms with Crippen LogP contribution in [0.25, 0.3) is 0 Å². The van der Waals surface area contributed by atoms with Crippen molar-refractivity contribution < 1.29 is 0 Å². The second-order valence-electron chi connectivity index (χ2n) is 3.98. The molecule has 2 aromatic rings. The second-order valence-corrected chi connectivity index (χ2v) is 5.81. The van der Waals surface area contributed by atoms with E-state index < -0.39 is 0 Å². The SMILES string of the molecule is BrC1c2ccccc2C(Br)c2ccccc21. The van der Waals surface area contributed by atoms with Crippen molar-refractivity contribution in [1.29, 1.82) is 0 Å². The summed E-state index contributed by atoms with van der Waals surface area (Å²) >= 11 is 7.58. The fourth-order valence-electron chi connectivity index (χ4n) is 2.28. The molecule has 0 bridgehead atoms. The number of rotatable bonds is 0. The lowest BCUT2D eigenvalue weighted by atomic mass is 9.86. The molecule has 0 N–H and O–H groups in total. The lowest BCUT2D eigenvalue weighted by molar-refractivity contribution is 0.988. The Balaban J connectivity index is 2.26. The summed E-state index contributed by atoms with van der Waals surface area (Å²) in [4.78, 5) is 0.627. The van der Waals surface area contributed by atoms with Crippen LogP contribution in [0, 0.1) is 0 Å². The first kappa shape index (κ1) is 10.5. The monoisotopic (exact) mass is 336 g/mol. The van der Waals surface area contributed by atoms with Crippen LogP contribution in [0.2, 0.25) is 0 Å². The predicted octanol–water partition coefficient (Wildman–Crippen LogP) is 4.97. The summed E-state index contributed by atoms with van der Waals surface area (Å²) in [5.41, 5.74) is 5.46. The predicted molar refractivity (Wildman–Crippen MR) is 74.4 cm³/mol. The molecule has 0 amide bonds. The molecule has 0 heterocycles. The highest BCUT2D eigenvalue weighted by Gasteiger charge is 2.28. The Morgan fingerprint density at radius 2 is 0.812 bits per heavy atom. The number of benzene rings is 2. The van der Waals surface area contributed by atoms with Crippen molar-refractivity contribution in [2.45, 2.75) is 9.65 Å². The molecule has 0 spiro atoms. The van der Waals surface area contributed by atoms with E-state index in [1.807, 2.05) is 0 Å². The second kappa shape index (κ2) is 4.01. The number of halogens is 2. The van der Waals surface area contributed by atoms with E-state index in [1.165, 1.54) is 22.3 Å². The van der Waals surface area contributed by atoms with Gasteiger partial charge in [-0.15, -0.1) is 0 Å². The molecule has 0 nitrogen and oxygen atoms in total. The standard InChI is InChI=1S/C14H10Br2/c15-13-9-5-1-2-6-10(9)14(16)12-8-4-3-7-11(12)13/h1-8,13-14H. The Bertz CT molecular complexity index is 438. The summed E-state index contributed by atoms with van der Waals surface area (Å²) in [6.07, 6.45) is 0. The van der Waals surface area contributed by atoms with Crippen LogP contribution in [-0.4, -0.2) is 0 Å². The van der Waals surface area contributed by atoms with Gasteiger partial charge in [-0.05, 0) is 22.3 Å². The van der Waals surface area contributed by atoms with Crippen molar-refractivity contribution in [2.75, 3.05) is 0 Å². The van der Waals surface area contributed by atoms with Crippen molar-refractivity contribution in [3.05, 3.63) is 70.8 Å². The van der Waals surface area contributed by atoms with Gasteiger partial charge in [0.05, 0.1) is 9.65 Å². The van der Waals surface area contributed by atoms with Gasteiger partial charge in [-0.25, -0.2) is 0 Å². The first-order valence-corrected chi connectivity index (χ1v) is 7.08. The van der Waals surface area contributed by atoms with Crippen LogP contribution in [0.15, 0.2) is 48.5 Å². The van der Waals surface area contributed by atoms with E-state index >= 15 is 0 Å². The summed E-state index contributed by atoms with van der Waals surface area (Å²) in [6, 6.07) is 17.2. The van der Waals surface area contributed by atoms with E-state index in [9.17, 15) is 0 Å². The summed E-state index contributed by atoms with van der Waals surface area (Å²) in [5, 5.41) is 0. The maximum absolute atomic E-state index is 3.79. The van der Waals surface area contributed by atoms with Crippen LogP contribution in [-0.2, 0) is 0 Å². The molecule has 0 aromatic heterocycles. The van der Waals surface area contributed by atoms with Gasteiger partial charge in [0, 0.05) is 0 Å². The minimum absolute atomic E-state index is 0.314. The summed E-state index contributed by atoms with van der Waals surface area (Å²) in [6.45, 7) is 0. The van der Waals surface area contributed by atoms with Gasteiger partial charge in [-0.3, -0.25) is 0 Å². The highest BCUT2D eigenvalue weighted by Crippen LogP contribution is 2.48. The Labute approximate surface area is 112 Å². The fourth-order valence-corrected chi connectivity index (χ4v) is 3.95. The third-order valence-electron chi connectivity index (χ3n) is 3.08. The molecule has 0 unspecified atom stereocenters. The molecule has 16 heavy (non-hydrogen) atoms. The normalized spacial score (nSPS) is 22.4. The zero-order valence-electron chi connectivity index (χ0n) is 8.53. The third-order valence-corrected chi connectivity index (χ3v) is 5.06. The average molecular weight is 338 g/mol. The van der Waals surface area contributed by atoms with E-state index in [0.717, 1.165) is 0 Å². The molecular weight excluding hydrogens is 328 g/mol. The van der Waals surface area contributed by atoms with E-state index in [2.05, 4.69) is 80.4 Å². The van der Waals surface area contributed by atoms with Crippen molar-refractivity contribution in [3.63, 3.8) is 0 Å². The summed E-state index contributed by atoms with van der Waals surface area (Å²) < 4.78 is 0. The zero-order valence-corrected chi connectivity index (χ0v) is 11.7. The number of alkyl halides is 2. The van der Waals surface area contributed by atoms with Crippen LogP contribution in [0.1, 0.15) is 31.9 Å². The summed E-state index contributed by atoms with van der Waals surface area (Å²) in [5.74, 6) is 0.